The molecule has 0 spiro atoms. The summed E-state index contributed by atoms with van der Waals surface area (Å²) in [6, 6.07) is 13.1. The first-order chi connectivity index (χ1) is 9.60. The quantitative estimate of drug-likeness (QED) is 0.646. The molecule has 0 amide bonds. The molecule has 106 valence electrons. The fourth-order valence-corrected chi connectivity index (χ4v) is 2.71. The summed E-state index contributed by atoms with van der Waals surface area (Å²) in [5, 5.41) is 0.424. The van der Waals surface area contributed by atoms with E-state index in [-0.39, 0.29) is 11.7 Å². The molecule has 0 aromatic heterocycles. The van der Waals surface area contributed by atoms with Gasteiger partial charge in [-0.05, 0) is 54.5 Å². The van der Waals surface area contributed by atoms with Crippen LogP contribution in [0.4, 0.5) is 4.39 Å². The number of rotatable bonds is 5. The van der Waals surface area contributed by atoms with Crippen LogP contribution in [0.1, 0.15) is 16.7 Å². The monoisotopic (exact) mass is 310 g/mol. The minimum atomic E-state index is -0.252. The Kier molecular flexibility index (Phi) is 5.45. The molecule has 0 N–H and O–H groups in total. The van der Waals surface area contributed by atoms with Crippen LogP contribution in [0.25, 0.3) is 0 Å². The lowest BCUT2D eigenvalue weighted by Gasteiger charge is -2.16. The Morgan fingerprint density at radius 2 is 1.75 bits per heavy atom. The van der Waals surface area contributed by atoms with Crippen LogP contribution in [0, 0.1) is 18.7 Å². The second-order valence-corrected chi connectivity index (χ2v) is 5.84. The Morgan fingerprint density at radius 1 is 1.05 bits per heavy atom. The van der Waals surface area contributed by atoms with Crippen molar-refractivity contribution >= 4 is 23.2 Å². The average Bonchev–Trinajstić information content (AvgIpc) is 2.43. The first-order valence-corrected chi connectivity index (χ1v) is 7.55. The van der Waals surface area contributed by atoms with Gasteiger partial charge >= 0.3 is 0 Å². The number of alkyl halides is 1. The molecule has 1 unspecified atom stereocenters. The molecule has 0 aliphatic rings. The van der Waals surface area contributed by atoms with Crippen molar-refractivity contribution in [3.05, 3.63) is 70.0 Å². The molecule has 0 bridgehead atoms. The van der Waals surface area contributed by atoms with Gasteiger partial charge in [-0.25, -0.2) is 4.39 Å². The van der Waals surface area contributed by atoms with Gasteiger partial charge in [-0.1, -0.05) is 41.9 Å². The minimum absolute atomic E-state index is 0.216. The van der Waals surface area contributed by atoms with Crippen LogP contribution in [0.15, 0.2) is 42.5 Å². The molecular weight excluding hydrogens is 294 g/mol. The summed E-state index contributed by atoms with van der Waals surface area (Å²) in [7, 11) is 0. The lowest BCUT2D eigenvalue weighted by atomic mass is 9.92. The largest absolute Gasteiger partial charge is 0.207 e. The molecule has 1 atom stereocenters. The SMILES string of the molecule is Cc1ccccc1CC(CCl)Cc1ccc(Cl)cc1F. The summed E-state index contributed by atoms with van der Waals surface area (Å²) >= 11 is 11.8. The minimum Gasteiger partial charge on any atom is -0.207 e. The lowest BCUT2D eigenvalue weighted by molar-refractivity contribution is 0.545. The van der Waals surface area contributed by atoms with Gasteiger partial charge in [0.1, 0.15) is 5.82 Å². The van der Waals surface area contributed by atoms with Crippen molar-refractivity contribution in [3.63, 3.8) is 0 Å². The number of halogens is 3. The zero-order chi connectivity index (χ0) is 14.5. The predicted molar refractivity (Wildman–Crippen MR) is 84.2 cm³/mol. The smallest absolute Gasteiger partial charge is 0.127 e. The standard InChI is InChI=1S/C17H17Cl2F/c1-12-4-2-3-5-14(12)8-13(11-18)9-15-6-7-16(19)10-17(15)20/h2-7,10,13H,8-9,11H2,1H3. The second kappa shape index (κ2) is 7.10. The molecule has 0 fully saturated rings. The maximum absolute atomic E-state index is 13.8. The molecule has 2 aromatic rings. The van der Waals surface area contributed by atoms with Crippen LogP contribution in [0.2, 0.25) is 5.02 Å². The zero-order valence-corrected chi connectivity index (χ0v) is 12.9. The van der Waals surface area contributed by atoms with Crippen molar-refractivity contribution in [2.24, 2.45) is 5.92 Å². The van der Waals surface area contributed by atoms with E-state index in [1.165, 1.54) is 17.2 Å². The van der Waals surface area contributed by atoms with Crippen LogP contribution in [-0.4, -0.2) is 5.88 Å². The predicted octanol–water partition coefficient (Wildman–Crippen LogP) is 5.43. The van der Waals surface area contributed by atoms with E-state index in [4.69, 9.17) is 23.2 Å². The van der Waals surface area contributed by atoms with E-state index in [1.807, 2.05) is 12.1 Å². The fourth-order valence-electron chi connectivity index (χ4n) is 2.33. The van der Waals surface area contributed by atoms with Gasteiger partial charge in [-0.2, -0.15) is 0 Å². The van der Waals surface area contributed by atoms with E-state index < -0.39 is 0 Å². The normalized spacial score (nSPS) is 12.4. The van der Waals surface area contributed by atoms with Crippen molar-refractivity contribution in [1.29, 1.82) is 0 Å². The van der Waals surface area contributed by atoms with Gasteiger partial charge in [0.25, 0.3) is 0 Å². The molecule has 2 rings (SSSR count). The number of benzene rings is 2. The van der Waals surface area contributed by atoms with E-state index in [0.717, 1.165) is 6.42 Å². The van der Waals surface area contributed by atoms with Crippen LogP contribution in [-0.2, 0) is 12.8 Å². The summed E-state index contributed by atoms with van der Waals surface area (Å²) in [6.45, 7) is 2.09. The van der Waals surface area contributed by atoms with Crippen LogP contribution in [0.3, 0.4) is 0 Å². The van der Waals surface area contributed by atoms with Crippen molar-refractivity contribution in [2.45, 2.75) is 19.8 Å². The Morgan fingerprint density at radius 3 is 2.40 bits per heavy atom. The van der Waals surface area contributed by atoms with Crippen LogP contribution >= 0.6 is 23.2 Å². The highest BCUT2D eigenvalue weighted by molar-refractivity contribution is 6.30. The van der Waals surface area contributed by atoms with Crippen molar-refractivity contribution in [3.8, 4) is 0 Å². The van der Waals surface area contributed by atoms with E-state index in [1.54, 1.807) is 12.1 Å². The Bertz CT molecular complexity index is 581. The third kappa shape index (κ3) is 3.97. The summed E-state index contributed by atoms with van der Waals surface area (Å²) in [5.41, 5.74) is 3.19. The molecule has 0 saturated carbocycles. The van der Waals surface area contributed by atoms with Gasteiger partial charge in [0.2, 0.25) is 0 Å². The van der Waals surface area contributed by atoms with Gasteiger partial charge in [-0.3, -0.25) is 0 Å². The summed E-state index contributed by atoms with van der Waals surface area (Å²) < 4.78 is 13.8. The topological polar surface area (TPSA) is 0 Å². The number of hydrogen-bond donors (Lipinski definition) is 0. The highest BCUT2D eigenvalue weighted by Gasteiger charge is 2.13. The zero-order valence-electron chi connectivity index (χ0n) is 11.4. The second-order valence-electron chi connectivity index (χ2n) is 5.09. The van der Waals surface area contributed by atoms with Crippen molar-refractivity contribution < 1.29 is 4.39 Å². The van der Waals surface area contributed by atoms with E-state index in [9.17, 15) is 4.39 Å². The van der Waals surface area contributed by atoms with Gasteiger partial charge < -0.3 is 0 Å². The lowest BCUT2D eigenvalue weighted by Crippen LogP contribution is -2.12. The molecular formula is C17H17Cl2F. The first kappa shape index (κ1) is 15.3. The maximum atomic E-state index is 13.8. The first-order valence-electron chi connectivity index (χ1n) is 6.64. The van der Waals surface area contributed by atoms with E-state index in [0.29, 0.717) is 22.9 Å². The summed E-state index contributed by atoms with van der Waals surface area (Å²) in [4.78, 5) is 0. The highest BCUT2D eigenvalue weighted by atomic mass is 35.5. The van der Waals surface area contributed by atoms with Crippen molar-refractivity contribution in [1.82, 2.24) is 0 Å². The van der Waals surface area contributed by atoms with E-state index >= 15 is 0 Å². The Balaban J connectivity index is 2.11. The molecule has 0 radical (unpaired) electrons. The van der Waals surface area contributed by atoms with Crippen LogP contribution < -0.4 is 0 Å². The average molecular weight is 311 g/mol. The summed E-state index contributed by atoms with van der Waals surface area (Å²) in [6.07, 6.45) is 1.49. The van der Waals surface area contributed by atoms with E-state index in [2.05, 4.69) is 19.1 Å². The Hall–Kier alpha value is -1.05. The van der Waals surface area contributed by atoms with Gasteiger partial charge in [0, 0.05) is 10.9 Å². The third-order valence-electron chi connectivity index (χ3n) is 3.51. The molecule has 2 aromatic carbocycles. The Labute approximate surface area is 129 Å². The van der Waals surface area contributed by atoms with Crippen molar-refractivity contribution in [2.75, 3.05) is 5.88 Å². The fraction of sp³-hybridized carbons (Fsp3) is 0.294. The molecule has 0 heterocycles. The van der Waals surface area contributed by atoms with Gasteiger partial charge in [0.05, 0.1) is 0 Å². The number of aryl methyl sites for hydroxylation is 1. The van der Waals surface area contributed by atoms with Crippen LogP contribution in [0.5, 0.6) is 0 Å². The highest BCUT2D eigenvalue weighted by Crippen LogP contribution is 2.22. The molecule has 3 heteroatoms. The van der Waals surface area contributed by atoms with Gasteiger partial charge in [0.15, 0.2) is 0 Å². The summed E-state index contributed by atoms with van der Waals surface area (Å²) in [5.74, 6) is 0.474. The van der Waals surface area contributed by atoms with Gasteiger partial charge in [-0.15, -0.1) is 11.6 Å². The molecule has 0 aliphatic heterocycles. The molecule has 20 heavy (non-hydrogen) atoms. The molecule has 0 nitrogen and oxygen atoms in total. The number of hydrogen-bond acceptors (Lipinski definition) is 0. The third-order valence-corrected chi connectivity index (χ3v) is 4.18. The molecule has 0 aliphatic carbocycles. The molecule has 0 saturated heterocycles. The maximum Gasteiger partial charge on any atom is 0.127 e.